The average Bonchev–Trinajstić information content (AvgIpc) is 2.25. The Morgan fingerprint density at radius 2 is 2.00 bits per heavy atom. The molecule has 0 aliphatic rings. The highest BCUT2D eigenvalue weighted by atomic mass is 16.2. The summed E-state index contributed by atoms with van der Waals surface area (Å²) in [6.45, 7) is 1.27. The maximum absolute atomic E-state index is 8.58. The van der Waals surface area contributed by atoms with Crippen LogP contribution in [-0.2, 0) is 0 Å². The molecule has 1 heterocycles. The lowest BCUT2D eigenvalue weighted by Gasteiger charge is -2.04. The first-order chi connectivity index (χ1) is 6.93. The highest BCUT2D eigenvalue weighted by Gasteiger charge is 1.91. The molecule has 0 bridgehead atoms. The molecule has 0 spiro atoms. The zero-order valence-corrected chi connectivity index (χ0v) is 8.45. The summed E-state index contributed by atoms with van der Waals surface area (Å²) in [5, 5.41) is 11.8. The number of rotatable bonds is 7. The Balaban J connectivity index is 1.99. The van der Waals surface area contributed by atoms with Gasteiger partial charge in [-0.15, -0.1) is 0 Å². The van der Waals surface area contributed by atoms with Gasteiger partial charge in [-0.1, -0.05) is 18.9 Å². The molecule has 0 aliphatic heterocycles. The third kappa shape index (κ3) is 4.82. The van der Waals surface area contributed by atoms with E-state index in [0.717, 1.165) is 31.6 Å². The summed E-state index contributed by atoms with van der Waals surface area (Å²) in [6, 6.07) is 5.85. The zero-order chi connectivity index (χ0) is 10.1. The van der Waals surface area contributed by atoms with Crippen LogP contribution in [0.4, 0.5) is 5.82 Å². The molecule has 0 saturated heterocycles. The monoisotopic (exact) mass is 194 g/mol. The zero-order valence-electron chi connectivity index (χ0n) is 8.45. The predicted octanol–water partition coefficient (Wildman–Crippen LogP) is 2.05. The summed E-state index contributed by atoms with van der Waals surface area (Å²) in [5.41, 5.74) is 0. The first-order valence-corrected chi connectivity index (χ1v) is 5.19. The fraction of sp³-hybridized carbons (Fsp3) is 0.545. The summed E-state index contributed by atoms with van der Waals surface area (Å²) in [5.74, 6) is 0.939. The van der Waals surface area contributed by atoms with Crippen molar-refractivity contribution in [1.82, 2.24) is 4.98 Å². The van der Waals surface area contributed by atoms with Gasteiger partial charge in [-0.25, -0.2) is 4.98 Å². The van der Waals surface area contributed by atoms with E-state index in [9.17, 15) is 0 Å². The molecule has 0 unspecified atom stereocenters. The molecule has 0 aliphatic carbocycles. The van der Waals surface area contributed by atoms with E-state index in [1.54, 1.807) is 6.20 Å². The van der Waals surface area contributed by atoms with Gasteiger partial charge in [0.1, 0.15) is 5.82 Å². The van der Waals surface area contributed by atoms with Crippen molar-refractivity contribution in [3.05, 3.63) is 24.4 Å². The van der Waals surface area contributed by atoms with Crippen LogP contribution in [0.1, 0.15) is 25.7 Å². The predicted molar refractivity (Wildman–Crippen MR) is 58.3 cm³/mol. The number of nitrogens with zero attached hydrogens (tertiary/aromatic N) is 1. The van der Waals surface area contributed by atoms with Gasteiger partial charge < -0.3 is 10.4 Å². The average molecular weight is 194 g/mol. The van der Waals surface area contributed by atoms with Crippen LogP contribution in [0.5, 0.6) is 0 Å². The number of aromatic nitrogens is 1. The third-order valence-corrected chi connectivity index (χ3v) is 2.06. The molecule has 0 saturated carbocycles. The molecule has 3 heteroatoms. The quantitative estimate of drug-likeness (QED) is 0.653. The van der Waals surface area contributed by atoms with Crippen LogP contribution in [-0.4, -0.2) is 23.2 Å². The van der Waals surface area contributed by atoms with Crippen LogP contribution >= 0.6 is 0 Å². The molecular formula is C11H18N2O. The Morgan fingerprint density at radius 1 is 1.14 bits per heavy atom. The second-order valence-electron chi connectivity index (χ2n) is 3.28. The van der Waals surface area contributed by atoms with Crippen molar-refractivity contribution in [3.63, 3.8) is 0 Å². The van der Waals surface area contributed by atoms with Crippen molar-refractivity contribution < 1.29 is 5.11 Å². The standard InChI is InChI=1S/C11H18N2O/c14-10-6-2-1-4-8-12-11-7-3-5-9-13-11/h3,5,7,9,14H,1-2,4,6,8,10H2,(H,12,13). The molecule has 0 atom stereocenters. The van der Waals surface area contributed by atoms with Gasteiger partial charge in [-0.05, 0) is 25.0 Å². The van der Waals surface area contributed by atoms with Crippen LogP contribution in [0.3, 0.4) is 0 Å². The Kier molecular flexibility index (Phi) is 5.75. The number of unbranched alkanes of at least 4 members (excludes halogenated alkanes) is 3. The summed E-state index contributed by atoms with van der Waals surface area (Å²) >= 11 is 0. The molecule has 0 aromatic carbocycles. The minimum Gasteiger partial charge on any atom is -0.396 e. The molecule has 0 amide bonds. The topological polar surface area (TPSA) is 45.1 Å². The minimum atomic E-state index is 0.313. The number of pyridine rings is 1. The van der Waals surface area contributed by atoms with Crippen molar-refractivity contribution in [2.24, 2.45) is 0 Å². The van der Waals surface area contributed by atoms with Gasteiger partial charge in [0.2, 0.25) is 0 Å². The number of aliphatic hydroxyl groups is 1. The number of anilines is 1. The molecule has 1 aromatic rings. The van der Waals surface area contributed by atoms with Crippen LogP contribution in [0.15, 0.2) is 24.4 Å². The second kappa shape index (κ2) is 7.33. The molecule has 2 N–H and O–H groups in total. The van der Waals surface area contributed by atoms with Crippen molar-refractivity contribution in [2.75, 3.05) is 18.5 Å². The van der Waals surface area contributed by atoms with Gasteiger partial charge in [0, 0.05) is 19.3 Å². The lowest BCUT2D eigenvalue weighted by Crippen LogP contribution is -2.02. The van der Waals surface area contributed by atoms with E-state index < -0.39 is 0 Å². The molecule has 1 aromatic heterocycles. The molecule has 78 valence electrons. The van der Waals surface area contributed by atoms with Crippen LogP contribution in [0.25, 0.3) is 0 Å². The van der Waals surface area contributed by atoms with Crippen LogP contribution in [0, 0.1) is 0 Å². The van der Waals surface area contributed by atoms with Gasteiger partial charge in [0.25, 0.3) is 0 Å². The van der Waals surface area contributed by atoms with E-state index in [1.807, 2.05) is 18.2 Å². The lowest BCUT2D eigenvalue weighted by atomic mass is 10.2. The molecule has 0 radical (unpaired) electrons. The van der Waals surface area contributed by atoms with Gasteiger partial charge in [-0.3, -0.25) is 0 Å². The summed E-state index contributed by atoms with van der Waals surface area (Å²) < 4.78 is 0. The van der Waals surface area contributed by atoms with E-state index in [2.05, 4.69) is 10.3 Å². The van der Waals surface area contributed by atoms with E-state index >= 15 is 0 Å². The maximum atomic E-state index is 8.58. The largest absolute Gasteiger partial charge is 0.396 e. The van der Waals surface area contributed by atoms with E-state index in [0.29, 0.717) is 6.61 Å². The number of nitrogens with one attached hydrogen (secondary N) is 1. The summed E-state index contributed by atoms with van der Waals surface area (Å²) in [4.78, 5) is 4.16. The van der Waals surface area contributed by atoms with E-state index in [1.165, 1.54) is 6.42 Å². The SMILES string of the molecule is OCCCCCCNc1ccccn1. The first-order valence-electron chi connectivity index (χ1n) is 5.19. The van der Waals surface area contributed by atoms with Crippen molar-refractivity contribution >= 4 is 5.82 Å². The van der Waals surface area contributed by atoms with Crippen LogP contribution < -0.4 is 5.32 Å². The highest BCUT2D eigenvalue weighted by molar-refractivity contribution is 5.32. The van der Waals surface area contributed by atoms with Crippen molar-refractivity contribution in [2.45, 2.75) is 25.7 Å². The summed E-state index contributed by atoms with van der Waals surface area (Å²) in [6.07, 6.45) is 6.12. The number of hydrogen-bond acceptors (Lipinski definition) is 3. The number of aliphatic hydroxyl groups excluding tert-OH is 1. The lowest BCUT2D eigenvalue weighted by molar-refractivity contribution is 0.283. The Hall–Kier alpha value is -1.09. The highest BCUT2D eigenvalue weighted by Crippen LogP contribution is 2.02. The van der Waals surface area contributed by atoms with Gasteiger partial charge >= 0.3 is 0 Å². The minimum absolute atomic E-state index is 0.313. The Labute approximate surface area is 85.2 Å². The smallest absolute Gasteiger partial charge is 0.125 e. The van der Waals surface area contributed by atoms with Gasteiger partial charge in [0.15, 0.2) is 0 Å². The second-order valence-corrected chi connectivity index (χ2v) is 3.28. The Morgan fingerprint density at radius 3 is 2.71 bits per heavy atom. The van der Waals surface area contributed by atoms with Gasteiger partial charge in [0.05, 0.1) is 0 Å². The molecule has 1 rings (SSSR count). The molecular weight excluding hydrogens is 176 g/mol. The maximum Gasteiger partial charge on any atom is 0.125 e. The normalized spacial score (nSPS) is 10.1. The van der Waals surface area contributed by atoms with Crippen LogP contribution in [0.2, 0.25) is 0 Å². The third-order valence-electron chi connectivity index (χ3n) is 2.06. The van der Waals surface area contributed by atoms with E-state index in [4.69, 9.17) is 5.11 Å². The molecule has 0 fully saturated rings. The van der Waals surface area contributed by atoms with Gasteiger partial charge in [-0.2, -0.15) is 0 Å². The fourth-order valence-electron chi connectivity index (χ4n) is 1.27. The molecule has 3 nitrogen and oxygen atoms in total. The Bertz CT molecular complexity index is 226. The summed E-state index contributed by atoms with van der Waals surface area (Å²) in [7, 11) is 0. The first kappa shape index (κ1) is 11.0. The molecule has 14 heavy (non-hydrogen) atoms. The fourth-order valence-corrected chi connectivity index (χ4v) is 1.27. The number of hydrogen-bond donors (Lipinski definition) is 2. The van der Waals surface area contributed by atoms with Crippen molar-refractivity contribution in [3.8, 4) is 0 Å². The van der Waals surface area contributed by atoms with Crippen molar-refractivity contribution in [1.29, 1.82) is 0 Å². The van der Waals surface area contributed by atoms with E-state index in [-0.39, 0.29) is 0 Å².